The lowest BCUT2D eigenvalue weighted by Gasteiger charge is -2.25. The quantitative estimate of drug-likeness (QED) is 0.813. The number of pyridine rings is 1. The predicted molar refractivity (Wildman–Crippen MR) is 64.0 cm³/mol. The van der Waals surface area contributed by atoms with Crippen molar-refractivity contribution in [3.8, 4) is 0 Å². The Morgan fingerprint density at radius 3 is 2.69 bits per heavy atom. The first-order valence-electron chi connectivity index (χ1n) is 5.47. The maximum atomic E-state index is 11.8. The Labute approximate surface area is 96.7 Å². The van der Waals surface area contributed by atoms with Crippen molar-refractivity contribution in [2.45, 2.75) is 19.4 Å². The van der Waals surface area contributed by atoms with Crippen LogP contribution in [0.1, 0.15) is 24.9 Å². The largest absolute Gasteiger partial charge is 0.339 e. The van der Waals surface area contributed by atoms with Crippen molar-refractivity contribution in [3.63, 3.8) is 0 Å². The van der Waals surface area contributed by atoms with Gasteiger partial charge in [-0.1, -0.05) is 0 Å². The highest BCUT2D eigenvalue weighted by Crippen LogP contribution is 2.17. The molecule has 1 rings (SSSR count). The third-order valence-electron chi connectivity index (χ3n) is 2.75. The van der Waals surface area contributed by atoms with Gasteiger partial charge in [0.15, 0.2) is 0 Å². The van der Waals surface area contributed by atoms with Crippen LogP contribution >= 0.6 is 0 Å². The molecule has 1 aromatic rings. The molecule has 4 heteroatoms. The second kappa shape index (κ2) is 6.23. The van der Waals surface area contributed by atoms with Crippen LogP contribution < -0.4 is 5.32 Å². The fraction of sp³-hybridized carbons (Fsp3) is 0.500. The molecular weight excluding hydrogens is 202 g/mol. The van der Waals surface area contributed by atoms with E-state index in [9.17, 15) is 4.79 Å². The fourth-order valence-corrected chi connectivity index (χ4v) is 1.49. The van der Waals surface area contributed by atoms with Gasteiger partial charge in [0.25, 0.3) is 0 Å². The summed E-state index contributed by atoms with van der Waals surface area (Å²) in [6, 6.07) is 3.96. The molecule has 0 aliphatic carbocycles. The van der Waals surface area contributed by atoms with E-state index in [1.807, 2.05) is 33.2 Å². The molecule has 1 heterocycles. The lowest BCUT2D eigenvalue weighted by Crippen LogP contribution is -2.31. The average Bonchev–Trinajstić information content (AvgIpc) is 2.35. The molecule has 0 aromatic carbocycles. The van der Waals surface area contributed by atoms with Gasteiger partial charge in [-0.2, -0.15) is 0 Å². The predicted octanol–water partition coefficient (Wildman–Crippen LogP) is 1.21. The van der Waals surface area contributed by atoms with Crippen LogP contribution in [-0.2, 0) is 4.79 Å². The summed E-state index contributed by atoms with van der Waals surface area (Å²) in [4.78, 5) is 17.5. The van der Waals surface area contributed by atoms with Gasteiger partial charge >= 0.3 is 0 Å². The molecule has 1 unspecified atom stereocenters. The van der Waals surface area contributed by atoms with Gasteiger partial charge in [0.2, 0.25) is 5.91 Å². The molecule has 1 atom stereocenters. The molecule has 1 N–H and O–H groups in total. The van der Waals surface area contributed by atoms with Gasteiger partial charge in [-0.3, -0.25) is 9.78 Å². The molecule has 4 nitrogen and oxygen atoms in total. The number of hydrogen-bond donors (Lipinski definition) is 1. The Kier molecular flexibility index (Phi) is 4.92. The van der Waals surface area contributed by atoms with Crippen molar-refractivity contribution in [1.29, 1.82) is 0 Å². The SMILES string of the molecule is CNCCC(=O)N(C)C(C)c1ccncc1. The maximum Gasteiger partial charge on any atom is 0.224 e. The van der Waals surface area contributed by atoms with Crippen molar-refractivity contribution in [3.05, 3.63) is 30.1 Å². The van der Waals surface area contributed by atoms with Crippen molar-refractivity contribution in [1.82, 2.24) is 15.2 Å². The highest BCUT2D eigenvalue weighted by molar-refractivity contribution is 5.76. The van der Waals surface area contributed by atoms with E-state index in [0.29, 0.717) is 13.0 Å². The van der Waals surface area contributed by atoms with Gasteiger partial charge < -0.3 is 10.2 Å². The Balaban J connectivity index is 2.60. The van der Waals surface area contributed by atoms with E-state index >= 15 is 0 Å². The van der Waals surface area contributed by atoms with Crippen LogP contribution in [0, 0.1) is 0 Å². The van der Waals surface area contributed by atoms with E-state index in [2.05, 4.69) is 10.3 Å². The first kappa shape index (κ1) is 12.6. The summed E-state index contributed by atoms with van der Waals surface area (Å²) in [6.07, 6.45) is 4.03. The molecule has 0 aliphatic heterocycles. The van der Waals surface area contributed by atoms with Gasteiger partial charge in [0.05, 0.1) is 6.04 Å². The van der Waals surface area contributed by atoms with Crippen LogP contribution in [0.25, 0.3) is 0 Å². The topological polar surface area (TPSA) is 45.2 Å². The lowest BCUT2D eigenvalue weighted by molar-refractivity contribution is -0.131. The minimum absolute atomic E-state index is 0.0901. The highest BCUT2D eigenvalue weighted by Gasteiger charge is 2.16. The molecule has 88 valence electrons. The van der Waals surface area contributed by atoms with Crippen molar-refractivity contribution >= 4 is 5.91 Å². The first-order chi connectivity index (χ1) is 7.66. The van der Waals surface area contributed by atoms with E-state index in [1.165, 1.54) is 0 Å². The molecular formula is C12H19N3O. The first-order valence-corrected chi connectivity index (χ1v) is 5.47. The van der Waals surface area contributed by atoms with Crippen molar-refractivity contribution in [2.75, 3.05) is 20.6 Å². The smallest absolute Gasteiger partial charge is 0.224 e. The fourth-order valence-electron chi connectivity index (χ4n) is 1.49. The second-order valence-electron chi connectivity index (χ2n) is 3.81. The Hall–Kier alpha value is -1.42. The van der Waals surface area contributed by atoms with Crippen molar-refractivity contribution in [2.24, 2.45) is 0 Å². The van der Waals surface area contributed by atoms with E-state index < -0.39 is 0 Å². The zero-order valence-electron chi connectivity index (χ0n) is 10.1. The number of rotatable bonds is 5. The second-order valence-corrected chi connectivity index (χ2v) is 3.81. The van der Waals surface area contributed by atoms with E-state index in [0.717, 1.165) is 5.56 Å². The van der Waals surface area contributed by atoms with Crippen LogP contribution in [0.3, 0.4) is 0 Å². The molecule has 0 spiro atoms. The maximum absolute atomic E-state index is 11.8. The number of amides is 1. The summed E-state index contributed by atoms with van der Waals surface area (Å²) in [5.74, 6) is 0.152. The van der Waals surface area contributed by atoms with Crippen LogP contribution in [0.4, 0.5) is 0 Å². The molecule has 0 saturated carbocycles. The third kappa shape index (κ3) is 3.31. The molecule has 1 aromatic heterocycles. The minimum atomic E-state index is 0.0901. The number of nitrogens with one attached hydrogen (secondary N) is 1. The summed E-state index contributed by atoms with van der Waals surface area (Å²) < 4.78 is 0. The molecule has 0 saturated heterocycles. The van der Waals surface area contributed by atoms with Gasteiger partial charge in [-0.05, 0) is 31.7 Å². The molecule has 0 fully saturated rings. The average molecular weight is 221 g/mol. The monoisotopic (exact) mass is 221 g/mol. The minimum Gasteiger partial charge on any atom is -0.339 e. The van der Waals surface area contributed by atoms with Crippen LogP contribution in [0.15, 0.2) is 24.5 Å². The Morgan fingerprint density at radius 1 is 1.50 bits per heavy atom. The van der Waals surface area contributed by atoms with Gasteiger partial charge in [0.1, 0.15) is 0 Å². The van der Waals surface area contributed by atoms with Gasteiger partial charge in [-0.15, -0.1) is 0 Å². The number of hydrogen-bond acceptors (Lipinski definition) is 3. The molecule has 0 radical (unpaired) electrons. The summed E-state index contributed by atoms with van der Waals surface area (Å²) in [7, 11) is 3.68. The standard InChI is InChI=1S/C12H19N3O/c1-10(11-4-8-14-9-5-11)15(3)12(16)6-7-13-2/h4-5,8-10,13H,6-7H2,1-3H3. The zero-order valence-corrected chi connectivity index (χ0v) is 10.1. The number of nitrogens with zero attached hydrogens (tertiary/aromatic N) is 2. The summed E-state index contributed by atoms with van der Waals surface area (Å²) >= 11 is 0. The Bertz CT molecular complexity index is 326. The van der Waals surface area contributed by atoms with Crippen LogP contribution in [0.2, 0.25) is 0 Å². The molecule has 0 aliphatic rings. The number of carbonyl (C=O) groups is 1. The number of aromatic nitrogens is 1. The number of carbonyl (C=O) groups excluding carboxylic acids is 1. The van der Waals surface area contributed by atoms with Crippen LogP contribution in [-0.4, -0.2) is 36.4 Å². The van der Waals surface area contributed by atoms with Gasteiger partial charge in [-0.25, -0.2) is 0 Å². The van der Waals surface area contributed by atoms with E-state index in [-0.39, 0.29) is 11.9 Å². The molecule has 0 bridgehead atoms. The summed E-state index contributed by atoms with van der Waals surface area (Å²) in [6.45, 7) is 2.73. The highest BCUT2D eigenvalue weighted by atomic mass is 16.2. The Morgan fingerprint density at radius 2 is 2.12 bits per heavy atom. The van der Waals surface area contributed by atoms with E-state index in [1.54, 1.807) is 17.3 Å². The summed E-state index contributed by atoms with van der Waals surface area (Å²) in [5, 5.41) is 2.97. The third-order valence-corrected chi connectivity index (χ3v) is 2.75. The lowest BCUT2D eigenvalue weighted by atomic mass is 10.1. The van der Waals surface area contributed by atoms with Crippen molar-refractivity contribution < 1.29 is 4.79 Å². The molecule has 16 heavy (non-hydrogen) atoms. The van der Waals surface area contributed by atoms with Crippen LogP contribution in [0.5, 0.6) is 0 Å². The van der Waals surface area contributed by atoms with Gasteiger partial charge in [0, 0.05) is 32.4 Å². The van der Waals surface area contributed by atoms with E-state index in [4.69, 9.17) is 0 Å². The zero-order chi connectivity index (χ0) is 12.0. The summed E-state index contributed by atoms with van der Waals surface area (Å²) in [5.41, 5.74) is 1.11. The molecule has 1 amide bonds. The normalized spacial score (nSPS) is 12.2.